The van der Waals surface area contributed by atoms with Crippen LogP contribution in [-0.2, 0) is 4.74 Å². The van der Waals surface area contributed by atoms with Crippen molar-refractivity contribution in [2.45, 2.75) is 71.1 Å². The van der Waals surface area contributed by atoms with Gasteiger partial charge in [-0.1, -0.05) is 6.92 Å². The zero-order chi connectivity index (χ0) is 10.8. The number of hydrogen-bond acceptors (Lipinski definition) is 2. The minimum Gasteiger partial charge on any atom is -0.371 e. The van der Waals surface area contributed by atoms with Gasteiger partial charge in [-0.05, 0) is 47.0 Å². The van der Waals surface area contributed by atoms with Crippen molar-refractivity contribution in [2.75, 3.05) is 6.54 Å². The highest BCUT2D eigenvalue weighted by Gasteiger charge is 2.32. The zero-order valence-corrected chi connectivity index (χ0v) is 10.3. The molecule has 0 radical (unpaired) electrons. The van der Waals surface area contributed by atoms with Crippen molar-refractivity contribution in [1.82, 2.24) is 5.32 Å². The summed E-state index contributed by atoms with van der Waals surface area (Å²) in [6.07, 6.45) is 3.95. The summed E-state index contributed by atoms with van der Waals surface area (Å²) in [4.78, 5) is 0. The molecule has 1 fully saturated rings. The normalized spacial score (nSPS) is 26.8. The molecule has 1 unspecified atom stereocenters. The summed E-state index contributed by atoms with van der Waals surface area (Å²) >= 11 is 0. The summed E-state index contributed by atoms with van der Waals surface area (Å²) in [5.74, 6) is 0. The van der Waals surface area contributed by atoms with Crippen molar-refractivity contribution in [1.29, 1.82) is 0 Å². The Kier molecular flexibility index (Phi) is 3.59. The predicted octanol–water partition coefficient (Wildman–Crippen LogP) is 2.72. The van der Waals surface area contributed by atoms with Gasteiger partial charge in [0.2, 0.25) is 0 Å². The van der Waals surface area contributed by atoms with Crippen molar-refractivity contribution < 1.29 is 4.74 Å². The molecular weight excluding hydrogens is 174 g/mol. The van der Waals surface area contributed by atoms with E-state index in [0.29, 0.717) is 6.10 Å². The highest BCUT2D eigenvalue weighted by atomic mass is 16.5. The van der Waals surface area contributed by atoms with E-state index in [2.05, 4.69) is 39.9 Å². The first-order chi connectivity index (χ1) is 6.35. The van der Waals surface area contributed by atoms with E-state index in [4.69, 9.17) is 4.74 Å². The molecule has 84 valence electrons. The van der Waals surface area contributed by atoms with Crippen LogP contribution in [0.1, 0.15) is 53.9 Å². The lowest BCUT2D eigenvalue weighted by Gasteiger charge is -2.27. The van der Waals surface area contributed by atoms with E-state index in [1.807, 2.05) is 0 Å². The van der Waals surface area contributed by atoms with E-state index >= 15 is 0 Å². The number of ether oxygens (including phenoxy) is 1. The van der Waals surface area contributed by atoms with E-state index in [-0.39, 0.29) is 11.1 Å². The van der Waals surface area contributed by atoms with Gasteiger partial charge in [-0.25, -0.2) is 0 Å². The Morgan fingerprint density at radius 2 is 2.07 bits per heavy atom. The highest BCUT2D eigenvalue weighted by Crippen LogP contribution is 2.29. The molecule has 1 heterocycles. The molecule has 1 N–H and O–H groups in total. The van der Waals surface area contributed by atoms with E-state index in [9.17, 15) is 0 Å². The van der Waals surface area contributed by atoms with Gasteiger partial charge in [0.25, 0.3) is 0 Å². The van der Waals surface area contributed by atoms with Crippen molar-refractivity contribution >= 4 is 0 Å². The van der Waals surface area contributed by atoms with Gasteiger partial charge in [0.05, 0.1) is 11.7 Å². The molecule has 0 bridgehead atoms. The molecule has 2 nitrogen and oxygen atoms in total. The number of rotatable bonds is 4. The molecule has 2 heteroatoms. The Bertz CT molecular complexity index is 187. The Morgan fingerprint density at radius 1 is 1.43 bits per heavy atom. The second-order valence-corrected chi connectivity index (χ2v) is 5.66. The third-order valence-corrected chi connectivity index (χ3v) is 3.25. The standard InChI is InChI=1S/C12H25NO/c1-6-11(2,3)13-9-10-7-8-12(4,5)14-10/h10,13H,6-9H2,1-5H3. The molecule has 1 aliphatic rings. The summed E-state index contributed by atoms with van der Waals surface area (Å²) in [5, 5.41) is 3.56. The summed E-state index contributed by atoms with van der Waals surface area (Å²) in [6.45, 7) is 12.0. The Hall–Kier alpha value is -0.0800. The third kappa shape index (κ3) is 3.58. The van der Waals surface area contributed by atoms with Crippen LogP contribution in [0.5, 0.6) is 0 Å². The first-order valence-electron chi connectivity index (χ1n) is 5.77. The smallest absolute Gasteiger partial charge is 0.0707 e. The van der Waals surface area contributed by atoms with Gasteiger partial charge in [-0.3, -0.25) is 0 Å². The van der Waals surface area contributed by atoms with Gasteiger partial charge in [-0.2, -0.15) is 0 Å². The van der Waals surface area contributed by atoms with Crippen LogP contribution < -0.4 is 5.32 Å². The molecule has 0 amide bonds. The van der Waals surface area contributed by atoms with Crippen molar-refractivity contribution in [3.05, 3.63) is 0 Å². The molecule has 0 aromatic rings. The fourth-order valence-corrected chi connectivity index (χ4v) is 1.74. The predicted molar refractivity (Wildman–Crippen MR) is 60.6 cm³/mol. The Morgan fingerprint density at radius 3 is 2.50 bits per heavy atom. The highest BCUT2D eigenvalue weighted by molar-refractivity contribution is 4.84. The topological polar surface area (TPSA) is 21.3 Å². The van der Waals surface area contributed by atoms with Gasteiger partial charge in [0.1, 0.15) is 0 Å². The molecular formula is C12H25NO. The lowest BCUT2D eigenvalue weighted by molar-refractivity contribution is -0.0166. The molecule has 1 rings (SSSR count). The molecule has 0 aromatic heterocycles. The van der Waals surface area contributed by atoms with Crippen LogP contribution >= 0.6 is 0 Å². The lowest BCUT2D eigenvalue weighted by Crippen LogP contribution is -2.43. The van der Waals surface area contributed by atoms with Crippen LogP contribution in [0.15, 0.2) is 0 Å². The first kappa shape index (κ1) is 12.0. The molecule has 0 aliphatic carbocycles. The van der Waals surface area contributed by atoms with Gasteiger partial charge in [0.15, 0.2) is 0 Å². The quantitative estimate of drug-likeness (QED) is 0.751. The second kappa shape index (κ2) is 4.19. The molecule has 0 spiro atoms. The Balaban J connectivity index is 2.27. The zero-order valence-electron chi connectivity index (χ0n) is 10.3. The van der Waals surface area contributed by atoms with Crippen molar-refractivity contribution in [2.24, 2.45) is 0 Å². The largest absolute Gasteiger partial charge is 0.371 e. The van der Waals surface area contributed by atoms with Crippen LogP contribution in [-0.4, -0.2) is 23.8 Å². The van der Waals surface area contributed by atoms with Gasteiger partial charge < -0.3 is 10.1 Å². The number of nitrogens with one attached hydrogen (secondary N) is 1. The van der Waals surface area contributed by atoms with Crippen LogP contribution in [0.4, 0.5) is 0 Å². The molecule has 0 aromatic carbocycles. The molecule has 0 saturated carbocycles. The minimum atomic E-state index is 0.0999. The summed E-state index contributed by atoms with van der Waals surface area (Å²) < 4.78 is 5.93. The van der Waals surface area contributed by atoms with Crippen molar-refractivity contribution in [3.63, 3.8) is 0 Å². The maximum atomic E-state index is 5.93. The van der Waals surface area contributed by atoms with E-state index < -0.39 is 0 Å². The van der Waals surface area contributed by atoms with Crippen molar-refractivity contribution in [3.8, 4) is 0 Å². The summed E-state index contributed by atoms with van der Waals surface area (Å²) in [6, 6.07) is 0. The lowest BCUT2D eigenvalue weighted by atomic mass is 10.0. The maximum absolute atomic E-state index is 5.93. The molecule has 1 atom stereocenters. The van der Waals surface area contributed by atoms with E-state index in [1.165, 1.54) is 12.8 Å². The Labute approximate surface area is 88.4 Å². The third-order valence-electron chi connectivity index (χ3n) is 3.25. The van der Waals surface area contributed by atoms with E-state index in [0.717, 1.165) is 13.0 Å². The SMILES string of the molecule is CCC(C)(C)NCC1CCC(C)(C)O1. The molecule has 1 aliphatic heterocycles. The minimum absolute atomic E-state index is 0.0999. The maximum Gasteiger partial charge on any atom is 0.0707 e. The average molecular weight is 199 g/mol. The van der Waals surface area contributed by atoms with Gasteiger partial charge in [0, 0.05) is 12.1 Å². The first-order valence-corrected chi connectivity index (χ1v) is 5.77. The summed E-state index contributed by atoms with van der Waals surface area (Å²) in [5.41, 5.74) is 0.346. The average Bonchev–Trinajstić information content (AvgIpc) is 2.43. The van der Waals surface area contributed by atoms with Crippen LogP contribution in [0.2, 0.25) is 0 Å². The fraction of sp³-hybridized carbons (Fsp3) is 1.00. The molecule has 1 saturated heterocycles. The summed E-state index contributed by atoms with van der Waals surface area (Å²) in [7, 11) is 0. The monoisotopic (exact) mass is 199 g/mol. The number of hydrogen-bond donors (Lipinski definition) is 1. The van der Waals surface area contributed by atoms with Gasteiger partial charge in [-0.15, -0.1) is 0 Å². The van der Waals surface area contributed by atoms with E-state index in [1.54, 1.807) is 0 Å². The molecule has 14 heavy (non-hydrogen) atoms. The van der Waals surface area contributed by atoms with Crippen LogP contribution in [0, 0.1) is 0 Å². The second-order valence-electron chi connectivity index (χ2n) is 5.66. The van der Waals surface area contributed by atoms with Crippen LogP contribution in [0.25, 0.3) is 0 Å². The van der Waals surface area contributed by atoms with Crippen LogP contribution in [0.3, 0.4) is 0 Å². The fourth-order valence-electron chi connectivity index (χ4n) is 1.74. The van der Waals surface area contributed by atoms with Gasteiger partial charge >= 0.3 is 0 Å².